The minimum absolute atomic E-state index is 0.0718. The van der Waals surface area contributed by atoms with Crippen LogP contribution in [0, 0.1) is 6.92 Å². The lowest BCUT2D eigenvalue weighted by molar-refractivity contribution is -0.130. The van der Waals surface area contributed by atoms with Crippen LogP contribution in [0.2, 0.25) is 0 Å². The maximum Gasteiger partial charge on any atom is 0.251 e. The number of carbonyl (C=O) groups is 1. The summed E-state index contributed by atoms with van der Waals surface area (Å²) in [6, 6.07) is 1.82. The summed E-state index contributed by atoms with van der Waals surface area (Å²) < 4.78 is 7.18. The predicted molar refractivity (Wildman–Crippen MR) is 63.8 cm³/mol. The molecule has 1 aromatic rings. The van der Waals surface area contributed by atoms with Crippen molar-refractivity contribution in [1.82, 2.24) is 15.1 Å². The summed E-state index contributed by atoms with van der Waals surface area (Å²) in [6.07, 6.45) is 0. The number of rotatable bonds is 4. The van der Waals surface area contributed by atoms with Crippen molar-refractivity contribution in [2.75, 3.05) is 25.0 Å². The molecule has 1 aromatic heterocycles. The fourth-order valence-corrected chi connectivity index (χ4v) is 1.73. The zero-order chi connectivity index (χ0) is 12.5. The van der Waals surface area contributed by atoms with Crippen LogP contribution in [0.15, 0.2) is 6.07 Å². The second-order valence-corrected chi connectivity index (χ2v) is 4.68. The Bertz CT molecular complexity index is 423. The molecule has 1 fully saturated rings. The summed E-state index contributed by atoms with van der Waals surface area (Å²) in [6.45, 7) is 5.54. The van der Waals surface area contributed by atoms with Crippen LogP contribution < -0.4 is 10.6 Å². The maximum absolute atomic E-state index is 11.7. The van der Waals surface area contributed by atoms with E-state index in [1.165, 1.54) is 0 Å². The first-order valence-corrected chi connectivity index (χ1v) is 5.64. The first-order chi connectivity index (χ1) is 7.98. The smallest absolute Gasteiger partial charge is 0.251 e. The van der Waals surface area contributed by atoms with Gasteiger partial charge in [-0.05, 0) is 13.8 Å². The molecule has 0 unspecified atom stereocenters. The number of nitrogens with one attached hydrogen (secondary N) is 2. The van der Waals surface area contributed by atoms with Gasteiger partial charge >= 0.3 is 0 Å². The second-order valence-electron chi connectivity index (χ2n) is 4.68. The van der Waals surface area contributed by atoms with E-state index in [0.29, 0.717) is 5.82 Å². The van der Waals surface area contributed by atoms with Gasteiger partial charge in [-0.25, -0.2) is 0 Å². The molecule has 2 N–H and O–H groups in total. The van der Waals surface area contributed by atoms with E-state index in [1.54, 1.807) is 11.7 Å². The van der Waals surface area contributed by atoms with Gasteiger partial charge in [0.25, 0.3) is 5.91 Å². The maximum atomic E-state index is 11.7. The van der Waals surface area contributed by atoms with Crippen molar-refractivity contribution in [3.05, 3.63) is 11.8 Å². The predicted octanol–water partition coefficient (Wildman–Crippen LogP) is 0.0455. The number of hydrogen-bond donors (Lipinski definition) is 2. The van der Waals surface area contributed by atoms with E-state index >= 15 is 0 Å². The average Bonchev–Trinajstić information content (AvgIpc) is 2.52. The molecular weight excluding hydrogens is 220 g/mol. The van der Waals surface area contributed by atoms with Crippen molar-refractivity contribution in [3.8, 4) is 0 Å². The SMILES string of the molecule is Cc1cc(NC(=O)COC2(C)CNC2)n(C)n1. The van der Waals surface area contributed by atoms with E-state index in [1.807, 2.05) is 19.9 Å². The lowest BCUT2D eigenvalue weighted by Gasteiger charge is -2.38. The second kappa shape index (κ2) is 4.46. The molecule has 0 aromatic carbocycles. The Morgan fingerprint density at radius 1 is 1.71 bits per heavy atom. The number of ether oxygens (including phenoxy) is 1. The molecule has 0 atom stereocenters. The molecule has 0 saturated carbocycles. The highest BCUT2D eigenvalue weighted by Gasteiger charge is 2.33. The number of amides is 1. The highest BCUT2D eigenvalue weighted by molar-refractivity contribution is 5.90. The third kappa shape index (κ3) is 2.83. The third-order valence-electron chi connectivity index (χ3n) is 2.82. The quantitative estimate of drug-likeness (QED) is 0.777. The molecular formula is C11H18N4O2. The Kier molecular flexibility index (Phi) is 3.17. The highest BCUT2D eigenvalue weighted by Crippen LogP contribution is 2.15. The van der Waals surface area contributed by atoms with Gasteiger partial charge in [0.15, 0.2) is 0 Å². The van der Waals surface area contributed by atoms with Gasteiger partial charge in [0.05, 0.1) is 11.3 Å². The lowest BCUT2D eigenvalue weighted by Crippen LogP contribution is -2.59. The van der Waals surface area contributed by atoms with E-state index in [2.05, 4.69) is 15.7 Å². The van der Waals surface area contributed by atoms with E-state index < -0.39 is 0 Å². The van der Waals surface area contributed by atoms with Gasteiger partial charge in [0.1, 0.15) is 12.4 Å². The van der Waals surface area contributed by atoms with Crippen molar-refractivity contribution >= 4 is 11.7 Å². The van der Waals surface area contributed by atoms with E-state index in [4.69, 9.17) is 4.74 Å². The summed E-state index contributed by atoms with van der Waals surface area (Å²) in [5, 5.41) is 10.0. The summed E-state index contributed by atoms with van der Waals surface area (Å²) in [5.74, 6) is 0.536. The van der Waals surface area contributed by atoms with Crippen molar-refractivity contribution < 1.29 is 9.53 Å². The summed E-state index contributed by atoms with van der Waals surface area (Å²) in [7, 11) is 1.79. The zero-order valence-electron chi connectivity index (χ0n) is 10.4. The summed E-state index contributed by atoms with van der Waals surface area (Å²) in [4.78, 5) is 11.7. The lowest BCUT2D eigenvalue weighted by atomic mass is 10.0. The number of aryl methyl sites for hydroxylation is 2. The Hall–Kier alpha value is -1.40. The molecule has 94 valence electrons. The van der Waals surface area contributed by atoms with Crippen LogP contribution in [-0.4, -0.2) is 41.0 Å². The average molecular weight is 238 g/mol. The van der Waals surface area contributed by atoms with Gasteiger partial charge in [0.2, 0.25) is 0 Å². The number of anilines is 1. The molecule has 2 heterocycles. The number of nitrogens with zero attached hydrogens (tertiary/aromatic N) is 2. The Morgan fingerprint density at radius 3 is 2.88 bits per heavy atom. The van der Waals surface area contributed by atoms with Crippen LogP contribution in [0.1, 0.15) is 12.6 Å². The van der Waals surface area contributed by atoms with Gasteiger partial charge in [0, 0.05) is 26.2 Å². The monoisotopic (exact) mass is 238 g/mol. The van der Waals surface area contributed by atoms with Crippen molar-refractivity contribution in [1.29, 1.82) is 0 Å². The number of aromatic nitrogens is 2. The van der Waals surface area contributed by atoms with Crippen LogP contribution in [0.4, 0.5) is 5.82 Å². The van der Waals surface area contributed by atoms with E-state index in [0.717, 1.165) is 18.8 Å². The molecule has 6 nitrogen and oxygen atoms in total. The molecule has 0 bridgehead atoms. The van der Waals surface area contributed by atoms with Gasteiger partial charge in [-0.3, -0.25) is 9.48 Å². The third-order valence-corrected chi connectivity index (χ3v) is 2.82. The molecule has 1 aliphatic heterocycles. The number of hydrogen-bond acceptors (Lipinski definition) is 4. The molecule has 0 radical (unpaired) electrons. The first kappa shape index (κ1) is 12.1. The fourth-order valence-electron chi connectivity index (χ4n) is 1.73. The molecule has 1 aliphatic rings. The van der Waals surface area contributed by atoms with Gasteiger partial charge < -0.3 is 15.4 Å². The molecule has 0 spiro atoms. The molecule has 1 amide bonds. The molecule has 2 rings (SSSR count). The Morgan fingerprint density at radius 2 is 2.41 bits per heavy atom. The molecule has 1 saturated heterocycles. The summed E-state index contributed by atoms with van der Waals surface area (Å²) in [5.41, 5.74) is 0.679. The van der Waals surface area contributed by atoms with E-state index in [-0.39, 0.29) is 18.1 Å². The molecule has 17 heavy (non-hydrogen) atoms. The standard InChI is InChI=1S/C11H18N4O2/c1-8-4-9(15(3)14-8)13-10(16)5-17-11(2)6-12-7-11/h4,12H,5-7H2,1-3H3,(H,13,16). The zero-order valence-corrected chi connectivity index (χ0v) is 10.4. The largest absolute Gasteiger partial charge is 0.363 e. The molecule has 6 heteroatoms. The Labute approximate surface area is 100 Å². The Balaban J connectivity index is 1.83. The normalized spacial score (nSPS) is 17.6. The number of carbonyl (C=O) groups excluding carboxylic acids is 1. The van der Waals surface area contributed by atoms with E-state index in [9.17, 15) is 4.79 Å². The van der Waals surface area contributed by atoms with Crippen molar-refractivity contribution in [3.63, 3.8) is 0 Å². The van der Waals surface area contributed by atoms with Crippen LogP contribution in [0.25, 0.3) is 0 Å². The van der Waals surface area contributed by atoms with Crippen LogP contribution in [0.5, 0.6) is 0 Å². The van der Waals surface area contributed by atoms with Crippen LogP contribution >= 0.6 is 0 Å². The van der Waals surface area contributed by atoms with Crippen molar-refractivity contribution in [2.24, 2.45) is 7.05 Å². The van der Waals surface area contributed by atoms with Crippen molar-refractivity contribution in [2.45, 2.75) is 19.4 Å². The highest BCUT2D eigenvalue weighted by atomic mass is 16.5. The molecule has 0 aliphatic carbocycles. The van der Waals surface area contributed by atoms with Gasteiger partial charge in [-0.2, -0.15) is 5.10 Å². The minimum Gasteiger partial charge on any atom is -0.363 e. The fraction of sp³-hybridized carbons (Fsp3) is 0.636. The van der Waals surface area contributed by atoms with Crippen LogP contribution in [0.3, 0.4) is 0 Å². The summed E-state index contributed by atoms with van der Waals surface area (Å²) >= 11 is 0. The first-order valence-electron chi connectivity index (χ1n) is 5.64. The topological polar surface area (TPSA) is 68.2 Å². The van der Waals surface area contributed by atoms with Crippen LogP contribution in [-0.2, 0) is 16.6 Å². The van der Waals surface area contributed by atoms with Gasteiger partial charge in [-0.15, -0.1) is 0 Å². The van der Waals surface area contributed by atoms with Gasteiger partial charge in [-0.1, -0.05) is 0 Å². The minimum atomic E-state index is -0.195.